The second-order valence-electron chi connectivity index (χ2n) is 4.39. The number of rotatable bonds is 4. The summed E-state index contributed by atoms with van der Waals surface area (Å²) >= 11 is 6.86. The van der Waals surface area contributed by atoms with E-state index in [9.17, 15) is 0 Å². The highest BCUT2D eigenvalue weighted by Gasteiger charge is 2.09. The lowest BCUT2D eigenvalue weighted by Gasteiger charge is -2.08. The molecule has 0 fully saturated rings. The summed E-state index contributed by atoms with van der Waals surface area (Å²) in [6.45, 7) is 4.94. The Morgan fingerprint density at radius 1 is 1.26 bits per heavy atom. The van der Waals surface area contributed by atoms with Crippen molar-refractivity contribution in [2.45, 2.75) is 26.4 Å². The molecule has 0 atom stereocenters. The first kappa shape index (κ1) is 14.6. The second kappa shape index (κ2) is 6.54. The molecule has 0 aliphatic heterocycles. The smallest absolute Gasteiger partial charge is 0.179 e. The van der Waals surface area contributed by atoms with Gasteiger partial charge in [0.05, 0.1) is 5.69 Å². The fraction of sp³-hybridized carbons (Fsp3) is 0.308. The molecule has 0 unspecified atom stereocenters. The first-order valence-electron chi connectivity index (χ1n) is 5.93. The van der Waals surface area contributed by atoms with Crippen LogP contribution < -0.4 is 5.32 Å². The van der Waals surface area contributed by atoms with Gasteiger partial charge in [-0.3, -0.25) is 4.98 Å². The number of hydrogen-bond acceptors (Lipinski definition) is 4. The average molecular weight is 386 g/mol. The Kier molecular flexibility index (Phi) is 5.01. The Balaban J connectivity index is 2.27. The molecule has 19 heavy (non-hydrogen) atoms. The molecule has 0 radical (unpaired) electrons. The molecule has 0 bridgehead atoms. The van der Waals surface area contributed by atoms with E-state index in [1.807, 2.05) is 12.1 Å². The van der Waals surface area contributed by atoms with E-state index >= 15 is 0 Å². The Bertz CT molecular complexity index is 572. The zero-order valence-electron chi connectivity index (χ0n) is 10.7. The molecular weight excluding hydrogens is 372 g/mol. The maximum atomic E-state index is 4.52. The van der Waals surface area contributed by atoms with Gasteiger partial charge in [-0.2, -0.15) is 0 Å². The summed E-state index contributed by atoms with van der Waals surface area (Å²) in [6.07, 6.45) is 3.50. The first-order chi connectivity index (χ1) is 9.06. The summed E-state index contributed by atoms with van der Waals surface area (Å²) in [6, 6.07) is 4.27. The minimum atomic E-state index is 0.427. The van der Waals surface area contributed by atoms with Gasteiger partial charge in [0.2, 0.25) is 0 Å². The van der Waals surface area contributed by atoms with Gasteiger partial charge in [-0.1, -0.05) is 13.8 Å². The molecule has 0 saturated carbocycles. The van der Waals surface area contributed by atoms with Gasteiger partial charge < -0.3 is 5.32 Å². The van der Waals surface area contributed by atoms with Gasteiger partial charge in [0.25, 0.3) is 0 Å². The van der Waals surface area contributed by atoms with Crippen LogP contribution in [0, 0.1) is 0 Å². The molecule has 0 aliphatic rings. The predicted molar refractivity (Wildman–Crippen MR) is 82.6 cm³/mol. The fourth-order valence-electron chi connectivity index (χ4n) is 1.50. The first-order valence-corrected chi connectivity index (χ1v) is 7.51. The summed E-state index contributed by atoms with van der Waals surface area (Å²) in [7, 11) is 0. The van der Waals surface area contributed by atoms with Gasteiger partial charge >= 0.3 is 0 Å². The van der Waals surface area contributed by atoms with Crippen LogP contribution >= 0.6 is 31.9 Å². The normalized spacial score (nSPS) is 11.0. The Labute approximate surface area is 129 Å². The van der Waals surface area contributed by atoms with Crippen molar-refractivity contribution < 1.29 is 0 Å². The van der Waals surface area contributed by atoms with Crippen LogP contribution in [0.3, 0.4) is 0 Å². The number of aromatic nitrogens is 3. The molecule has 4 nitrogen and oxygen atoms in total. The van der Waals surface area contributed by atoms with Crippen molar-refractivity contribution >= 4 is 31.9 Å². The highest BCUT2D eigenvalue weighted by Crippen LogP contribution is 2.25. The number of hydrogen-bond donors (Lipinski definition) is 1. The van der Waals surface area contributed by atoms with Crippen LogP contribution in [0.1, 0.15) is 19.5 Å². The quantitative estimate of drug-likeness (QED) is 0.874. The van der Waals surface area contributed by atoms with E-state index in [1.54, 1.807) is 12.4 Å². The lowest BCUT2D eigenvalue weighted by molar-refractivity contribution is 0.581. The summed E-state index contributed by atoms with van der Waals surface area (Å²) in [5, 5.41) is 3.33. The zero-order valence-corrected chi connectivity index (χ0v) is 13.9. The Morgan fingerprint density at radius 2 is 2.05 bits per heavy atom. The second-order valence-corrected chi connectivity index (χ2v) is 6.16. The van der Waals surface area contributed by atoms with Crippen LogP contribution in [0.5, 0.6) is 0 Å². The van der Waals surface area contributed by atoms with Crippen molar-refractivity contribution in [2.75, 3.05) is 0 Å². The molecule has 1 N–H and O–H groups in total. The molecule has 100 valence electrons. The summed E-state index contributed by atoms with van der Waals surface area (Å²) in [5.74, 6) is 0.627. The number of nitrogens with one attached hydrogen (secondary N) is 1. The van der Waals surface area contributed by atoms with Crippen LogP contribution in [-0.4, -0.2) is 21.0 Å². The molecule has 6 heteroatoms. The van der Waals surface area contributed by atoms with Crippen molar-refractivity contribution in [2.24, 2.45) is 0 Å². The monoisotopic (exact) mass is 384 g/mol. The molecule has 0 saturated heterocycles. The molecule has 2 aromatic heterocycles. The molecule has 2 rings (SSSR count). The van der Waals surface area contributed by atoms with E-state index in [1.165, 1.54) is 0 Å². The van der Waals surface area contributed by atoms with Crippen molar-refractivity contribution in [1.82, 2.24) is 20.3 Å². The van der Waals surface area contributed by atoms with E-state index in [-0.39, 0.29) is 0 Å². The molecule has 0 aliphatic carbocycles. The van der Waals surface area contributed by atoms with Gasteiger partial charge in [-0.15, -0.1) is 0 Å². The SMILES string of the molecule is CC(C)NCc1ccnc(-c2ncc(Br)cc2Br)n1. The van der Waals surface area contributed by atoms with Crippen LogP contribution in [0.2, 0.25) is 0 Å². The number of pyridine rings is 1. The Hall–Kier alpha value is -0.850. The average Bonchev–Trinajstić information content (AvgIpc) is 2.36. The molecule has 0 spiro atoms. The van der Waals surface area contributed by atoms with Gasteiger partial charge in [0.15, 0.2) is 5.82 Å². The molecule has 0 aromatic carbocycles. The van der Waals surface area contributed by atoms with E-state index in [4.69, 9.17) is 0 Å². The maximum Gasteiger partial charge on any atom is 0.179 e. The zero-order chi connectivity index (χ0) is 13.8. The molecule has 2 heterocycles. The maximum absolute atomic E-state index is 4.52. The predicted octanol–water partition coefficient (Wildman–Crippen LogP) is 3.56. The van der Waals surface area contributed by atoms with Crippen LogP contribution in [0.4, 0.5) is 0 Å². The minimum absolute atomic E-state index is 0.427. The highest BCUT2D eigenvalue weighted by molar-refractivity contribution is 9.11. The van der Waals surface area contributed by atoms with Crippen molar-refractivity contribution in [1.29, 1.82) is 0 Å². The van der Waals surface area contributed by atoms with Crippen LogP contribution in [0.25, 0.3) is 11.5 Å². The summed E-state index contributed by atoms with van der Waals surface area (Å²) in [5.41, 5.74) is 1.70. The topological polar surface area (TPSA) is 50.7 Å². The summed E-state index contributed by atoms with van der Waals surface area (Å²) in [4.78, 5) is 13.1. The van der Waals surface area contributed by atoms with Gasteiger partial charge in [-0.25, -0.2) is 9.97 Å². The van der Waals surface area contributed by atoms with Gasteiger partial charge in [0.1, 0.15) is 5.69 Å². The third-order valence-corrected chi connectivity index (χ3v) is 3.46. The number of nitrogens with zero attached hydrogens (tertiary/aromatic N) is 3. The van der Waals surface area contributed by atoms with E-state index < -0.39 is 0 Å². The third-order valence-electron chi connectivity index (χ3n) is 2.42. The van der Waals surface area contributed by atoms with Gasteiger partial charge in [-0.05, 0) is 44.0 Å². The molecule has 0 amide bonds. The van der Waals surface area contributed by atoms with E-state index in [2.05, 4.69) is 66.0 Å². The molecule has 2 aromatic rings. The summed E-state index contributed by atoms with van der Waals surface area (Å²) < 4.78 is 1.79. The minimum Gasteiger partial charge on any atom is -0.309 e. The van der Waals surface area contributed by atoms with Crippen molar-refractivity contribution in [3.63, 3.8) is 0 Å². The van der Waals surface area contributed by atoms with Crippen molar-refractivity contribution in [3.05, 3.63) is 39.2 Å². The van der Waals surface area contributed by atoms with Gasteiger partial charge in [0, 0.05) is 33.9 Å². The van der Waals surface area contributed by atoms with Crippen molar-refractivity contribution in [3.8, 4) is 11.5 Å². The third kappa shape index (κ3) is 4.06. The Morgan fingerprint density at radius 3 is 2.74 bits per heavy atom. The fourth-order valence-corrected chi connectivity index (χ4v) is 2.66. The van der Waals surface area contributed by atoms with E-state index in [0.717, 1.165) is 26.9 Å². The lowest BCUT2D eigenvalue weighted by atomic mass is 10.3. The number of halogens is 2. The largest absolute Gasteiger partial charge is 0.309 e. The molecular formula is C13H14Br2N4. The standard InChI is InChI=1S/C13H14Br2N4/c1-8(2)17-7-10-3-4-16-13(19-10)12-11(15)5-9(14)6-18-12/h3-6,8,17H,7H2,1-2H3. The lowest BCUT2D eigenvalue weighted by Crippen LogP contribution is -2.22. The van der Waals surface area contributed by atoms with Crippen LogP contribution in [0.15, 0.2) is 33.5 Å². The van der Waals surface area contributed by atoms with E-state index in [0.29, 0.717) is 11.9 Å². The highest BCUT2D eigenvalue weighted by atomic mass is 79.9. The van der Waals surface area contributed by atoms with Crippen LogP contribution in [-0.2, 0) is 6.54 Å².